The lowest BCUT2D eigenvalue weighted by atomic mass is 9.96. The van der Waals surface area contributed by atoms with Gasteiger partial charge in [0.15, 0.2) is 0 Å². The van der Waals surface area contributed by atoms with Gasteiger partial charge in [-0.1, -0.05) is 32.6 Å². The van der Waals surface area contributed by atoms with E-state index in [1.54, 1.807) is 16.8 Å². The fourth-order valence-electron chi connectivity index (χ4n) is 2.22. The minimum atomic E-state index is -0.322. The molecule has 0 saturated heterocycles. The Hall–Kier alpha value is -1.65. The molecule has 112 valence electrons. The summed E-state index contributed by atoms with van der Waals surface area (Å²) >= 11 is 0. The van der Waals surface area contributed by atoms with E-state index in [0.717, 1.165) is 12.8 Å². The third kappa shape index (κ3) is 4.79. The van der Waals surface area contributed by atoms with E-state index in [1.807, 2.05) is 13.8 Å². The van der Waals surface area contributed by atoms with Gasteiger partial charge in [-0.3, -0.25) is 9.36 Å². The Morgan fingerprint density at radius 3 is 2.60 bits per heavy atom. The van der Waals surface area contributed by atoms with E-state index >= 15 is 0 Å². The zero-order chi connectivity index (χ0) is 15.2. The summed E-state index contributed by atoms with van der Waals surface area (Å²) < 4.78 is 1.64. The van der Waals surface area contributed by atoms with Crippen molar-refractivity contribution in [2.24, 2.45) is 0 Å². The number of hydrogen-bond acceptors (Lipinski definition) is 3. The Bertz CT molecular complexity index is 506. The third-order valence-corrected chi connectivity index (χ3v) is 3.40. The average Bonchev–Trinajstić information content (AvgIpc) is 2.33. The van der Waals surface area contributed by atoms with Crippen LogP contribution in [0.1, 0.15) is 59.8 Å². The Kier molecular flexibility index (Phi) is 5.92. The minimum absolute atomic E-state index is 0.228. The topological polar surface area (TPSA) is 64.0 Å². The van der Waals surface area contributed by atoms with Gasteiger partial charge >= 0.3 is 5.69 Å². The summed E-state index contributed by atoms with van der Waals surface area (Å²) in [5, 5.41) is 2.52. The first-order valence-corrected chi connectivity index (χ1v) is 7.24. The number of amides is 1. The maximum Gasteiger partial charge on any atom is 0.350 e. The number of anilines is 1. The fraction of sp³-hybridized carbons (Fsp3) is 0.667. The first-order chi connectivity index (χ1) is 9.36. The number of aromatic nitrogens is 2. The molecule has 5 heteroatoms. The van der Waals surface area contributed by atoms with Gasteiger partial charge in [0.1, 0.15) is 5.82 Å². The molecule has 5 nitrogen and oxygen atoms in total. The summed E-state index contributed by atoms with van der Waals surface area (Å²) in [4.78, 5) is 26.9. The lowest BCUT2D eigenvalue weighted by Gasteiger charge is -2.27. The Labute approximate surface area is 120 Å². The second-order valence-electron chi connectivity index (χ2n) is 5.77. The normalized spacial score (nSPS) is 11.4. The van der Waals surface area contributed by atoms with Crippen molar-refractivity contribution >= 4 is 11.7 Å². The molecule has 1 aromatic heterocycles. The zero-order valence-corrected chi connectivity index (χ0v) is 12.9. The van der Waals surface area contributed by atoms with Crippen molar-refractivity contribution in [3.8, 4) is 0 Å². The number of nitrogens with zero attached hydrogens (tertiary/aromatic N) is 2. The summed E-state index contributed by atoms with van der Waals surface area (Å²) in [5.41, 5.74) is -0.580. The van der Waals surface area contributed by atoms with Gasteiger partial charge in [0.05, 0.1) is 0 Å². The molecule has 0 aromatic carbocycles. The fourth-order valence-corrected chi connectivity index (χ4v) is 2.22. The molecule has 0 aliphatic heterocycles. The maximum atomic E-state index is 12.1. The predicted octanol–water partition coefficient (Wildman–Crippen LogP) is 2.91. The van der Waals surface area contributed by atoms with Crippen LogP contribution in [0, 0.1) is 0 Å². The molecule has 1 aromatic rings. The predicted molar refractivity (Wildman–Crippen MR) is 80.9 cm³/mol. The van der Waals surface area contributed by atoms with Crippen molar-refractivity contribution in [1.29, 1.82) is 0 Å². The summed E-state index contributed by atoms with van der Waals surface area (Å²) in [6.45, 7) is 7.66. The van der Waals surface area contributed by atoms with E-state index in [2.05, 4.69) is 17.2 Å². The van der Waals surface area contributed by atoms with Crippen molar-refractivity contribution in [3.05, 3.63) is 22.7 Å². The van der Waals surface area contributed by atoms with Gasteiger partial charge in [0.25, 0.3) is 0 Å². The third-order valence-electron chi connectivity index (χ3n) is 3.40. The van der Waals surface area contributed by atoms with Gasteiger partial charge < -0.3 is 5.32 Å². The van der Waals surface area contributed by atoms with E-state index in [9.17, 15) is 9.59 Å². The van der Waals surface area contributed by atoms with Crippen LogP contribution in [-0.2, 0) is 10.3 Å². The van der Waals surface area contributed by atoms with Crippen molar-refractivity contribution in [1.82, 2.24) is 9.55 Å². The molecule has 1 N–H and O–H groups in total. The van der Waals surface area contributed by atoms with Crippen LogP contribution in [-0.4, -0.2) is 15.5 Å². The maximum absolute atomic E-state index is 12.1. The lowest BCUT2D eigenvalue weighted by Crippen LogP contribution is -2.37. The van der Waals surface area contributed by atoms with Crippen LogP contribution in [0.5, 0.6) is 0 Å². The smallest absolute Gasteiger partial charge is 0.311 e. The summed E-state index contributed by atoms with van der Waals surface area (Å²) in [5.74, 6) is 0.0778. The first kappa shape index (κ1) is 16.4. The molecule has 20 heavy (non-hydrogen) atoms. The van der Waals surface area contributed by atoms with E-state index in [-0.39, 0.29) is 17.1 Å². The van der Waals surface area contributed by atoms with Gasteiger partial charge in [-0.25, -0.2) is 4.79 Å². The quantitative estimate of drug-likeness (QED) is 0.780. The van der Waals surface area contributed by atoms with Gasteiger partial charge in [0, 0.05) is 18.7 Å². The molecular formula is C15H25N3O2. The number of nitrogens with one attached hydrogen (secondary N) is 1. The second-order valence-corrected chi connectivity index (χ2v) is 5.77. The van der Waals surface area contributed by atoms with E-state index in [4.69, 9.17) is 0 Å². The van der Waals surface area contributed by atoms with Gasteiger partial charge in [0.2, 0.25) is 5.91 Å². The van der Waals surface area contributed by atoms with E-state index in [0.29, 0.717) is 5.82 Å². The van der Waals surface area contributed by atoms with Crippen molar-refractivity contribution < 1.29 is 4.79 Å². The SMILES string of the molecule is CCCCCCC(C)(C)n1ccc(NC(C)=O)nc1=O. The molecular weight excluding hydrogens is 254 g/mol. The zero-order valence-electron chi connectivity index (χ0n) is 12.9. The molecule has 0 aliphatic carbocycles. The van der Waals surface area contributed by atoms with Crippen LogP contribution in [0.2, 0.25) is 0 Å². The Balaban J connectivity index is 2.79. The van der Waals surface area contributed by atoms with E-state index in [1.165, 1.54) is 26.2 Å². The Morgan fingerprint density at radius 1 is 1.35 bits per heavy atom. The molecule has 1 rings (SSSR count). The molecule has 0 bridgehead atoms. The molecule has 0 fully saturated rings. The van der Waals surface area contributed by atoms with Crippen LogP contribution in [0.3, 0.4) is 0 Å². The van der Waals surface area contributed by atoms with Crippen LogP contribution in [0.4, 0.5) is 5.82 Å². The highest BCUT2D eigenvalue weighted by atomic mass is 16.2. The summed E-state index contributed by atoms with van der Waals surface area (Å²) in [6.07, 6.45) is 7.36. The number of hydrogen-bond donors (Lipinski definition) is 1. The highest BCUT2D eigenvalue weighted by Gasteiger charge is 2.21. The number of unbranched alkanes of at least 4 members (excludes halogenated alkanes) is 3. The van der Waals surface area contributed by atoms with Crippen LogP contribution in [0.25, 0.3) is 0 Å². The number of carbonyl (C=O) groups excluding carboxylic acids is 1. The Morgan fingerprint density at radius 2 is 2.05 bits per heavy atom. The first-order valence-electron chi connectivity index (χ1n) is 7.24. The minimum Gasteiger partial charge on any atom is -0.311 e. The average molecular weight is 279 g/mol. The second kappa shape index (κ2) is 7.22. The van der Waals surface area contributed by atoms with Crippen LogP contribution >= 0.6 is 0 Å². The lowest BCUT2D eigenvalue weighted by molar-refractivity contribution is -0.114. The molecule has 0 saturated carbocycles. The molecule has 0 atom stereocenters. The van der Waals surface area contributed by atoms with E-state index < -0.39 is 0 Å². The van der Waals surface area contributed by atoms with Gasteiger partial charge in [-0.2, -0.15) is 4.98 Å². The van der Waals surface area contributed by atoms with Crippen molar-refractivity contribution in [2.75, 3.05) is 5.32 Å². The number of rotatable bonds is 7. The van der Waals surface area contributed by atoms with Crippen LogP contribution < -0.4 is 11.0 Å². The molecule has 0 unspecified atom stereocenters. The molecule has 1 amide bonds. The van der Waals surface area contributed by atoms with Crippen LogP contribution in [0.15, 0.2) is 17.1 Å². The van der Waals surface area contributed by atoms with Crippen molar-refractivity contribution in [2.45, 2.75) is 65.3 Å². The highest BCUT2D eigenvalue weighted by Crippen LogP contribution is 2.21. The molecule has 0 spiro atoms. The summed E-state index contributed by atoms with van der Waals surface area (Å²) in [7, 11) is 0. The molecule has 1 heterocycles. The summed E-state index contributed by atoms with van der Waals surface area (Å²) in [6, 6.07) is 1.66. The number of carbonyl (C=O) groups is 1. The van der Waals surface area contributed by atoms with Gasteiger partial charge in [-0.05, 0) is 26.3 Å². The molecule has 0 aliphatic rings. The highest BCUT2D eigenvalue weighted by molar-refractivity contribution is 5.87. The standard InChI is InChI=1S/C15H25N3O2/c1-5-6-7-8-10-15(3,4)18-11-9-13(16-12(2)19)17-14(18)20/h9,11H,5-8,10H2,1-4H3,(H,16,17,19,20). The van der Waals surface area contributed by atoms with Gasteiger partial charge in [-0.15, -0.1) is 0 Å². The molecule has 0 radical (unpaired) electrons. The van der Waals surface area contributed by atoms with Crippen molar-refractivity contribution in [3.63, 3.8) is 0 Å². The largest absolute Gasteiger partial charge is 0.350 e. The monoisotopic (exact) mass is 279 g/mol.